The first-order valence-corrected chi connectivity index (χ1v) is 10.4. The molecule has 8 heteroatoms. The van der Waals surface area contributed by atoms with Gasteiger partial charge in [0.05, 0.1) is 11.9 Å². The number of sulfonamides is 1. The van der Waals surface area contributed by atoms with Crippen LogP contribution in [0.2, 0.25) is 0 Å². The van der Waals surface area contributed by atoms with Crippen LogP contribution in [-0.2, 0) is 10.0 Å². The highest BCUT2D eigenvalue weighted by Crippen LogP contribution is 2.19. The molecule has 2 aromatic rings. The van der Waals surface area contributed by atoms with Crippen LogP contribution in [0.25, 0.3) is 11.3 Å². The van der Waals surface area contributed by atoms with E-state index in [1.807, 2.05) is 19.1 Å². The summed E-state index contributed by atoms with van der Waals surface area (Å²) in [6.45, 7) is 2.77. The number of oxazole rings is 1. The van der Waals surface area contributed by atoms with Gasteiger partial charge in [0.2, 0.25) is 10.0 Å². The molecule has 1 saturated heterocycles. The number of carbonyl (C=O) groups is 1. The predicted molar refractivity (Wildman–Crippen MR) is 98.1 cm³/mol. The Bertz CT molecular complexity index is 824. The topological polar surface area (TPSA) is 92.5 Å². The van der Waals surface area contributed by atoms with E-state index in [0.717, 1.165) is 5.56 Å². The molecule has 3 rings (SSSR count). The van der Waals surface area contributed by atoms with Crippen molar-refractivity contribution in [2.24, 2.45) is 0 Å². The zero-order chi connectivity index (χ0) is 18.6. The number of amides is 1. The van der Waals surface area contributed by atoms with Crippen LogP contribution in [-0.4, -0.2) is 48.5 Å². The molecule has 2 heterocycles. The summed E-state index contributed by atoms with van der Waals surface area (Å²) in [7, 11) is -3.16. The zero-order valence-electron chi connectivity index (χ0n) is 14.7. The lowest BCUT2D eigenvalue weighted by atomic mass is 10.1. The van der Waals surface area contributed by atoms with Crippen LogP contribution in [0.1, 0.15) is 36.5 Å². The summed E-state index contributed by atoms with van der Waals surface area (Å²) in [5.74, 6) is 0.684. The Labute approximate surface area is 153 Å². The van der Waals surface area contributed by atoms with E-state index in [9.17, 15) is 13.2 Å². The molecule has 0 radical (unpaired) electrons. The fourth-order valence-corrected chi connectivity index (χ4v) is 4.62. The Morgan fingerprint density at radius 2 is 1.96 bits per heavy atom. The summed E-state index contributed by atoms with van der Waals surface area (Å²) in [5, 5.41) is 3.00. The molecule has 1 N–H and O–H groups in total. The third-order valence-corrected chi connectivity index (χ3v) is 6.58. The molecule has 0 aliphatic carbocycles. The summed E-state index contributed by atoms with van der Waals surface area (Å²) in [4.78, 5) is 16.3. The molecule has 140 valence electrons. The van der Waals surface area contributed by atoms with E-state index in [1.54, 1.807) is 18.3 Å². The summed E-state index contributed by atoms with van der Waals surface area (Å²) >= 11 is 0. The number of hydrogen-bond donors (Lipinski definition) is 1. The average molecular weight is 377 g/mol. The summed E-state index contributed by atoms with van der Waals surface area (Å²) in [6, 6.07) is 7.11. The molecule has 0 atom stereocenters. The summed E-state index contributed by atoms with van der Waals surface area (Å²) in [5.41, 5.74) is 1.42. The van der Waals surface area contributed by atoms with Crippen LogP contribution in [0.5, 0.6) is 0 Å². The molecule has 1 aliphatic heterocycles. The lowest BCUT2D eigenvalue weighted by Crippen LogP contribution is -2.47. The molecule has 1 aliphatic rings. The number of aromatic nitrogens is 1. The maximum Gasteiger partial charge on any atom is 0.251 e. The van der Waals surface area contributed by atoms with Crippen molar-refractivity contribution in [3.63, 3.8) is 0 Å². The monoisotopic (exact) mass is 377 g/mol. The number of carbonyl (C=O) groups excluding carboxylic acids is 1. The zero-order valence-corrected chi connectivity index (χ0v) is 15.5. The lowest BCUT2D eigenvalue weighted by molar-refractivity contribution is 0.0924. The summed E-state index contributed by atoms with van der Waals surface area (Å²) < 4.78 is 30.9. The highest BCUT2D eigenvalue weighted by Gasteiger charge is 2.28. The molecular formula is C18H23N3O4S. The summed E-state index contributed by atoms with van der Waals surface area (Å²) in [6.07, 6.45) is 4.86. The van der Waals surface area contributed by atoms with E-state index in [4.69, 9.17) is 4.42 Å². The van der Waals surface area contributed by atoms with Crippen molar-refractivity contribution in [2.45, 2.75) is 32.2 Å². The average Bonchev–Trinajstić information content (AvgIpc) is 3.17. The van der Waals surface area contributed by atoms with Crippen LogP contribution >= 0.6 is 0 Å². The van der Waals surface area contributed by atoms with Gasteiger partial charge >= 0.3 is 0 Å². The van der Waals surface area contributed by atoms with E-state index in [0.29, 0.717) is 43.7 Å². The fourth-order valence-electron chi connectivity index (χ4n) is 3.08. The van der Waals surface area contributed by atoms with Gasteiger partial charge in [-0.15, -0.1) is 0 Å². The Morgan fingerprint density at radius 3 is 2.54 bits per heavy atom. The molecule has 0 bridgehead atoms. The Kier molecular flexibility index (Phi) is 5.73. The van der Waals surface area contributed by atoms with Gasteiger partial charge in [-0.3, -0.25) is 4.79 Å². The smallest absolute Gasteiger partial charge is 0.251 e. The number of piperidine rings is 1. The first-order chi connectivity index (χ1) is 12.5. The van der Waals surface area contributed by atoms with Crippen LogP contribution < -0.4 is 5.32 Å². The second-order valence-corrected chi connectivity index (χ2v) is 8.49. The maximum absolute atomic E-state index is 12.4. The van der Waals surface area contributed by atoms with Crippen molar-refractivity contribution >= 4 is 15.9 Å². The minimum absolute atomic E-state index is 0.00970. The molecule has 1 amide bonds. The van der Waals surface area contributed by atoms with E-state index >= 15 is 0 Å². The van der Waals surface area contributed by atoms with Crippen molar-refractivity contribution in [1.29, 1.82) is 0 Å². The quantitative estimate of drug-likeness (QED) is 0.834. The number of rotatable bonds is 6. The van der Waals surface area contributed by atoms with Crippen molar-refractivity contribution in [3.05, 3.63) is 42.4 Å². The predicted octanol–water partition coefficient (Wildman–Crippen LogP) is 2.28. The number of benzene rings is 1. The second kappa shape index (κ2) is 8.01. The molecule has 1 fully saturated rings. The molecular weight excluding hydrogens is 354 g/mol. The fraction of sp³-hybridized carbons (Fsp3) is 0.444. The molecule has 7 nitrogen and oxygen atoms in total. The third-order valence-electron chi connectivity index (χ3n) is 4.51. The first-order valence-electron chi connectivity index (χ1n) is 8.77. The number of hydrogen-bond acceptors (Lipinski definition) is 5. The van der Waals surface area contributed by atoms with Gasteiger partial charge in [0.25, 0.3) is 5.91 Å². The molecule has 0 unspecified atom stereocenters. The van der Waals surface area contributed by atoms with Crippen LogP contribution in [0.15, 0.2) is 41.3 Å². The van der Waals surface area contributed by atoms with Gasteiger partial charge < -0.3 is 9.73 Å². The van der Waals surface area contributed by atoms with E-state index in [1.165, 1.54) is 10.7 Å². The van der Waals surface area contributed by atoms with Gasteiger partial charge in [-0.05, 0) is 31.4 Å². The van der Waals surface area contributed by atoms with Gasteiger partial charge in [0, 0.05) is 30.3 Å². The number of nitrogens with one attached hydrogen (secondary N) is 1. The van der Waals surface area contributed by atoms with Crippen molar-refractivity contribution in [1.82, 2.24) is 14.6 Å². The highest BCUT2D eigenvalue weighted by atomic mass is 32.2. The van der Waals surface area contributed by atoms with E-state index in [-0.39, 0.29) is 17.7 Å². The van der Waals surface area contributed by atoms with Crippen LogP contribution in [0.4, 0.5) is 0 Å². The lowest BCUT2D eigenvalue weighted by Gasteiger charge is -2.31. The van der Waals surface area contributed by atoms with Gasteiger partial charge in [-0.2, -0.15) is 0 Å². The largest absolute Gasteiger partial charge is 0.444 e. The first kappa shape index (κ1) is 18.6. The molecule has 0 spiro atoms. The Hall–Kier alpha value is -2.19. The Morgan fingerprint density at radius 1 is 1.27 bits per heavy atom. The van der Waals surface area contributed by atoms with E-state index in [2.05, 4.69) is 10.3 Å². The van der Waals surface area contributed by atoms with Gasteiger partial charge in [-0.1, -0.05) is 19.1 Å². The Balaban J connectivity index is 1.54. The van der Waals surface area contributed by atoms with Gasteiger partial charge in [0.1, 0.15) is 0 Å². The van der Waals surface area contributed by atoms with Crippen molar-refractivity contribution < 1.29 is 17.6 Å². The maximum atomic E-state index is 12.4. The normalized spacial score (nSPS) is 16.5. The minimum Gasteiger partial charge on any atom is -0.444 e. The molecule has 0 saturated carbocycles. The standard InChI is InChI=1S/C18H23N3O4S/c1-2-11-26(23,24)21-9-7-16(8-10-21)20-18(22)15-5-3-14(4-6-15)17-12-19-13-25-17/h3-6,12-13,16H,2,7-11H2,1H3,(H,20,22). The van der Waals surface area contributed by atoms with Crippen molar-refractivity contribution in [3.8, 4) is 11.3 Å². The van der Waals surface area contributed by atoms with Crippen LogP contribution in [0.3, 0.4) is 0 Å². The molecule has 1 aromatic carbocycles. The van der Waals surface area contributed by atoms with E-state index < -0.39 is 10.0 Å². The third kappa shape index (κ3) is 4.31. The highest BCUT2D eigenvalue weighted by molar-refractivity contribution is 7.89. The van der Waals surface area contributed by atoms with Gasteiger partial charge in [0.15, 0.2) is 12.2 Å². The molecule has 26 heavy (non-hydrogen) atoms. The minimum atomic E-state index is -3.16. The second-order valence-electron chi connectivity index (χ2n) is 6.41. The van der Waals surface area contributed by atoms with Crippen LogP contribution in [0, 0.1) is 0 Å². The van der Waals surface area contributed by atoms with Gasteiger partial charge in [-0.25, -0.2) is 17.7 Å². The molecule has 1 aromatic heterocycles. The SMILES string of the molecule is CCCS(=O)(=O)N1CCC(NC(=O)c2ccc(-c3cnco3)cc2)CC1. The number of nitrogens with zero attached hydrogens (tertiary/aromatic N) is 2. The van der Waals surface area contributed by atoms with Crippen molar-refractivity contribution in [2.75, 3.05) is 18.8 Å².